The standard InChI is InChI=1S/C17H28N2OS/c1-2-12-19(15-10-11-18-14-15)17(20)9-5-3-4-7-16-8-6-13-21-16/h6,8,13,15,18H,2-5,7,9-12,14H2,1H3. The van der Waals surface area contributed by atoms with E-state index >= 15 is 0 Å². The maximum atomic E-state index is 12.4. The fourth-order valence-corrected chi connectivity index (χ4v) is 3.76. The lowest BCUT2D eigenvalue weighted by atomic mass is 10.1. The van der Waals surface area contributed by atoms with Gasteiger partial charge in [0.25, 0.3) is 0 Å². The van der Waals surface area contributed by atoms with Crippen LogP contribution >= 0.6 is 11.3 Å². The van der Waals surface area contributed by atoms with Crippen LogP contribution in [0.4, 0.5) is 0 Å². The van der Waals surface area contributed by atoms with E-state index in [2.05, 4.69) is 34.7 Å². The number of rotatable bonds is 9. The Morgan fingerprint density at radius 1 is 1.43 bits per heavy atom. The molecule has 0 bridgehead atoms. The Kier molecular flexibility index (Phi) is 7.24. The SMILES string of the molecule is CCCN(C(=O)CCCCCc1cccs1)C1CCNC1. The highest BCUT2D eigenvalue weighted by Gasteiger charge is 2.25. The minimum atomic E-state index is 0.363. The molecular formula is C17H28N2OS. The molecule has 1 unspecified atom stereocenters. The van der Waals surface area contributed by atoms with Crippen molar-refractivity contribution in [2.75, 3.05) is 19.6 Å². The number of aryl methyl sites for hydroxylation is 1. The van der Waals surface area contributed by atoms with Crippen LogP contribution in [-0.2, 0) is 11.2 Å². The third kappa shape index (κ3) is 5.44. The maximum Gasteiger partial charge on any atom is 0.222 e. The Hall–Kier alpha value is -0.870. The number of nitrogens with zero attached hydrogens (tertiary/aromatic N) is 1. The van der Waals surface area contributed by atoms with E-state index in [0.29, 0.717) is 11.9 Å². The van der Waals surface area contributed by atoms with Crippen molar-refractivity contribution >= 4 is 17.2 Å². The van der Waals surface area contributed by atoms with Gasteiger partial charge in [0.05, 0.1) is 0 Å². The van der Waals surface area contributed by atoms with Gasteiger partial charge < -0.3 is 10.2 Å². The quantitative estimate of drug-likeness (QED) is 0.709. The Balaban J connectivity index is 1.64. The highest BCUT2D eigenvalue weighted by molar-refractivity contribution is 7.09. The Morgan fingerprint density at radius 3 is 3.00 bits per heavy atom. The van der Waals surface area contributed by atoms with E-state index in [1.54, 1.807) is 0 Å². The number of thiophene rings is 1. The second-order valence-electron chi connectivity index (χ2n) is 5.87. The van der Waals surface area contributed by atoms with Gasteiger partial charge in [-0.3, -0.25) is 4.79 Å². The summed E-state index contributed by atoms with van der Waals surface area (Å²) in [6.07, 6.45) is 7.45. The lowest BCUT2D eigenvalue weighted by molar-refractivity contribution is -0.133. The fourth-order valence-electron chi connectivity index (χ4n) is 3.01. The van der Waals surface area contributed by atoms with Crippen molar-refractivity contribution in [1.29, 1.82) is 0 Å². The molecule has 118 valence electrons. The van der Waals surface area contributed by atoms with Gasteiger partial charge in [0, 0.05) is 30.4 Å². The van der Waals surface area contributed by atoms with E-state index in [4.69, 9.17) is 0 Å². The van der Waals surface area contributed by atoms with E-state index < -0.39 is 0 Å². The second-order valence-corrected chi connectivity index (χ2v) is 6.91. The molecule has 1 fully saturated rings. The molecule has 4 heteroatoms. The van der Waals surface area contributed by atoms with Gasteiger partial charge in [-0.15, -0.1) is 11.3 Å². The summed E-state index contributed by atoms with van der Waals surface area (Å²) in [7, 11) is 0. The third-order valence-electron chi connectivity index (χ3n) is 4.15. The first kappa shape index (κ1) is 16.5. The molecule has 0 saturated carbocycles. The van der Waals surface area contributed by atoms with Gasteiger partial charge >= 0.3 is 0 Å². The molecule has 1 aromatic rings. The first-order valence-electron chi connectivity index (χ1n) is 8.34. The van der Waals surface area contributed by atoms with Crippen LogP contribution in [-0.4, -0.2) is 36.5 Å². The number of amides is 1. The van der Waals surface area contributed by atoms with E-state index in [-0.39, 0.29) is 0 Å². The van der Waals surface area contributed by atoms with Gasteiger partial charge in [0.1, 0.15) is 0 Å². The summed E-state index contributed by atoms with van der Waals surface area (Å²) < 4.78 is 0. The van der Waals surface area contributed by atoms with Crippen LogP contribution in [0.3, 0.4) is 0 Å². The van der Waals surface area contributed by atoms with Crippen LogP contribution in [0.5, 0.6) is 0 Å². The van der Waals surface area contributed by atoms with Gasteiger partial charge in [-0.05, 0) is 50.1 Å². The van der Waals surface area contributed by atoms with E-state index in [9.17, 15) is 4.79 Å². The molecule has 2 rings (SSSR count). The summed E-state index contributed by atoms with van der Waals surface area (Å²) in [5.41, 5.74) is 0. The summed E-state index contributed by atoms with van der Waals surface area (Å²) in [5.74, 6) is 0.363. The molecule has 21 heavy (non-hydrogen) atoms. The summed E-state index contributed by atoms with van der Waals surface area (Å²) in [6.45, 7) is 5.10. The van der Waals surface area contributed by atoms with Crippen LogP contribution in [0.15, 0.2) is 17.5 Å². The predicted molar refractivity (Wildman–Crippen MR) is 89.8 cm³/mol. The van der Waals surface area contributed by atoms with Gasteiger partial charge in [0.2, 0.25) is 5.91 Å². The van der Waals surface area contributed by atoms with Crippen molar-refractivity contribution in [1.82, 2.24) is 10.2 Å². The van der Waals surface area contributed by atoms with Crippen molar-refractivity contribution in [3.8, 4) is 0 Å². The number of unbranched alkanes of at least 4 members (excludes halogenated alkanes) is 2. The molecule has 1 N–H and O–H groups in total. The molecule has 1 amide bonds. The van der Waals surface area contributed by atoms with Crippen LogP contribution in [0, 0.1) is 0 Å². The molecule has 1 aliphatic heterocycles. The average molecular weight is 308 g/mol. The van der Waals surface area contributed by atoms with Crippen molar-refractivity contribution in [3.05, 3.63) is 22.4 Å². The average Bonchev–Trinajstić information content (AvgIpc) is 3.17. The predicted octanol–water partition coefficient (Wildman–Crippen LogP) is 3.45. The topological polar surface area (TPSA) is 32.3 Å². The zero-order valence-corrected chi connectivity index (χ0v) is 14.0. The second kappa shape index (κ2) is 9.21. The first-order valence-corrected chi connectivity index (χ1v) is 9.21. The monoisotopic (exact) mass is 308 g/mol. The Bertz CT molecular complexity index is 399. The van der Waals surface area contributed by atoms with Crippen LogP contribution in [0.2, 0.25) is 0 Å². The molecule has 1 aliphatic rings. The van der Waals surface area contributed by atoms with E-state index in [1.165, 1.54) is 11.3 Å². The molecule has 1 aromatic heterocycles. The van der Waals surface area contributed by atoms with E-state index in [1.807, 2.05) is 11.3 Å². The van der Waals surface area contributed by atoms with Crippen LogP contribution in [0.25, 0.3) is 0 Å². The largest absolute Gasteiger partial charge is 0.338 e. The summed E-state index contributed by atoms with van der Waals surface area (Å²) >= 11 is 1.83. The van der Waals surface area contributed by atoms with Gasteiger partial charge in [-0.1, -0.05) is 19.4 Å². The van der Waals surface area contributed by atoms with Crippen molar-refractivity contribution in [2.45, 2.75) is 57.9 Å². The number of carbonyl (C=O) groups excluding carboxylic acids is 1. The van der Waals surface area contributed by atoms with Crippen LogP contribution in [0.1, 0.15) is 50.3 Å². The van der Waals surface area contributed by atoms with Gasteiger partial charge in [-0.25, -0.2) is 0 Å². The van der Waals surface area contributed by atoms with Crippen molar-refractivity contribution < 1.29 is 4.79 Å². The molecule has 2 heterocycles. The number of nitrogens with one attached hydrogen (secondary N) is 1. The molecule has 0 aliphatic carbocycles. The fraction of sp³-hybridized carbons (Fsp3) is 0.706. The minimum absolute atomic E-state index is 0.363. The van der Waals surface area contributed by atoms with Gasteiger partial charge in [0.15, 0.2) is 0 Å². The molecule has 0 spiro atoms. The molecule has 1 atom stereocenters. The Morgan fingerprint density at radius 2 is 2.33 bits per heavy atom. The van der Waals surface area contributed by atoms with Crippen molar-refractivity contribution in [3.63, 3.8) is 0 Å². The highest BCUT2D eigenvalue weighted by atomic mass is 32.1. The minimum Gasteiger partial charge on any atom is -0.338 e. The molecule has 3 nitrogen and oxygen atoms in total. The zero-order valence-electron chi connectivity index (χ0n) is 13.1. The van der Waals surface area contributed by atoms with Gasteiger partial charge in [-0.2, -0.15) is 0 Å². The normalized spacial score (nSPS) is 18.0. The summed E-state index contributed by atoms with van der Waals surface area (Å²) in [6, 6.07) is 4.75. The highest BCUT2D eigenvalue weighted by Crippen LogP contribution is 2.15. The first-order chi connectivity index (χ1) is 10.3. The van der Waals surface area contributed by atoms with E-state index in [0.717, 1.165) is 58.2 Å². The summed E-state index contributed by atoms with van der Waals surface area (Å²) in [5, 5.41) is 5.50. The number of hydrogen-bond donors (Lipinski definition) is 1. The van der Waals surface area contributed by atoms with Crippen LogP contribution < -0.4 is 5.32 Å². The third-order valence-corrected chi connectivity index (χ3v) is 5.09. The lowest BCUT2D eigenvalue weighted by Crippen LogP contribution is -2.41. The molecule has 1 saturated heterocycles. The number of carbonyl (C=O) groups is 1. The zero-order chi connectivity index (χ0) is 14.9. The van der Waals surface area contributed by atoms with Crippen molar-refractivity contribution in [2.24, 2.45) is 0 Å². The lowest BCUT2D eigenvalue weighted by Gasteiger charge is -2.28. The summed E-state index contributed by atoms with van der Waals surface area (Å²) in [4.78, 5) is 16.0. The molecule has 0 aromatic carbocycles. The smallest absolute Gasteiger partial charge is 0.222 e. The molecule has 0 radical (unpaired) electrons. The maximum absolute atomic E-state index is 12.4. The Labute approximate surface area is 132 Å². The molecular weight excluding hydrogens is 280 g/mol. The number of hydrogen-bond acceptors (Lipinski definition) is 3.